The van der Waals surface area contributed by atoms with Gasteiger partial charge in [0.1, 0.15) is 0 Å². The molecule has 0 aliphatic heterocycles. The molecular formula is C15H17NO6. The maximum Gasteiger partial charge on any atom is 0.330 e. The molecule has 118 valence electrons. The van der Waals surface area contributed by atoms with E-state index < -0.39 is 10.9 Å². The van der Waals surface area contributed by atoms with Crippen LogP contribution in [-0.4, -0.2) is 31.7 Å². The van der Waals surface area contributed by atoms with Gasteiger partial charge >= 0.3 is 5.97 Å². The van der Waals surface area contributed by atoms with Gasteiger partial charge in [0.15, 0.2) is 11.5 Å². The summed E-state index contributed by atoms with van der Waals surface area (Å²) >= 11 is 0. The summed E-state index contributed by atoms with van der Waals surface area (Å²) in [5, 5.41) is 11.1. The number of benzene rings is 1. The minimum absolute atomic E-state index is 0.126. The van der Waals surface area contributed by atoms with Gasteiger partial charge in [0, 0.05) is 6.08 Å². The molecule has 0 aliphatic carbocycles. The van der Waals surface area contributed by atoms with Crippen molar-refractivity contribution in [3.05, 3.63) is 46.0 Å². The fraction of sp³-hybridized carbons (Fsp3) is 0.267. The monoisotopic (exact) mass is 307 g/mol. The molecule has 7 heteroatoms. The molecule has 0 aromatic heterocycles. The van der Waals surface area contributed by atoms with Gasteiger partial charge in [-0.15, -0.1) is 0 Å². The van der Waals surface area contributed by atoms with Crippen LogP contribution in [0.2, 0.25) is 0 Å². The molecular weight excluding hydrogens is 290 g/mol. The molecule has 0 amide bonds. The van der Waals surface area contributed by atoms with Gasteiger partial charge in [-0.25, -0.2) is 4.79 Å². The summed E-state index contributed by atoms with van der Waals surface area (Å²) in [4.78, 5) is 21.7. The van der Waals surface area contributed by atoms with E-state index in [-0.39, 0.29) is 18.0 Å². The lowest BCUT2D eigenvalue weighted by atomic mass is 10.1. The van der Waals surface area contributed by atoms with Gasteiger partial charge < -0.3 is 14.2 Å². The average molecular weight is 307 g/mol. The smallest absolute Gasteiger partial charge is 0.330 e. The Hall–Kier alpha value is -2.83. The van der Waals surface area contributed by atoms with Crippen LogP contribution in [0.25, 0.3) is 6.08 Å². The summed E-state index contributed by atoms with van der Waals surface area (Å²) < 4.78 is 14.9. The molecule has 7 nitrogen and oxygen atoms in total. The minimum Gasteiger partial charge on any atom is -0.493 e. The van der Waals surface area contributed by atoms with Crippen molar-refractivity contribution in [2.75, 3.05) is 20.8 Å². The first-order valence-electron chi connectivity index (χ1n) is 6.45. The number of hydrogen-bond acceptors (Lipinski definition) is 6. The predicted molar refractivity (Wildman–Crippen MR) is 81.0 cm³/mol. The third-order valence-corrected chi connectivity index (χ3v) is 2.64. The highest BCUT2D eigenvalue weighted by molar-refractivity contribution is 5.82. The van der Waals surface area contributed by atoms with Crippen molar-refractivity contribution in [1.29, 1.82) is 0 Å². The van der Waals surface area contributed by atoms with Crippen LogP contribution < -0.4 is 9.47 Å². The summed E-state index contributed by atoms with van der Waals surface area (Å²) in [7, 11) is 2.84. The first-order chi connectivity index (χ1) is 10.5. The fourth-order valence-corrected chi connectivity index (χ4v) is 1.66. The lowest BCUT2D eigenvalue weighted by Crippen LogP contribution is -1.98. The molecule has 0 bridgehead atoms. The van der Waals surface area contributed by atoms with E-state index in [0.29, 0.717) is 11.3 Å². The molecule has 0 unspecified atom stereocenters. The van der Waals surface area contributed by atoms with E-state index in [1.807, 2.05) is 0 Å². The van der Waals surface area contributed by atoms with Crippen LogP contribution in [0.15, 0.2) is 30.4 Å². The second kappa shape index (κ2) is 8.46. The highest BCUT2D eigenvalue weighted by atomic mass is 16.6. The van der Waals surface area contributed by atoms with Crippen LogP contribution in [0, 0.1) is 10.1 Å². The molecule has 0 fully saturated rings. The number of ether oxygens (including phenoxy) is 3. The normalized spacial score (nSPS) is 10.9. The van der Waals surface area contributed by atoms with E-state index in [0.717, 1.165) is 0 Å². The third-order valence-electron chi connectivity index (χ3n) is 2.64. The standard InChI is InChI=1S/C15H17NO6/c1-4-22-15(17)8-6-5-7-11-9-13(20-2)14(21-3)10-12(11)16(18)19/h5-10H,4H2,1-3H3/b7-5+,8-6+. The summed E-state index contributed by atoms with van der Waals surface area (Å²) in [5.41, 5.74) is 0.203. The van der Waals surface area contributed by atoms with Crippen LogP contribution in [0.4, 0.5) is 5.69 Å². The van der Waals surface area contributed by atoms with Crippen LogP contribution >= 0.6 is 0 Å². The van der Waals surface area contributed by atoms with Crippen molar-refractivity contribution in [3.63, 3.8) is 0 Å². The molecule has 22 heavy (non-hydrogen) atoms. The van der Waals surface area contributed by atoms with Gasteiger partial charge in [-0.05, 0) is 19.1 Å². The number of rotatable bonds is 7. The number of carbonyl (C=O) groups is 1. The number of nitro benzene ring substituents is 1. The number of allylic oxidation sites excluding steroid dienone is 2. The van der Waals surface area contributed by atoms with Crippen molar-refractivity contribution in [2.24, 2.45) is 0 Å². The van der Waals surface area contributed by atoms with Crippen LogP contribution in [0.3, 0.4) is 0 Å². The summed E-state index contributed by atoms with van der Waals surface area (Å²) in [6.45, 7) is 1.99. The zero-order valence-corrected chi connectivity index (χ0v) is 12.6. The maximum atomic E-state index is 11.1. The van der Waals surface area contributed by atoms with Crippen molar-refractivity contribution < 1.29 is 23.9 Å². The van der Waals surface area contributed by atoms with Gasteiger partial charge in [0.25, 0.3) is 5.69 Å². The summed E-state index contributed by atoms with van der Waals surface area (Å²) in [5.74, 6) is 0.171. The number of hydrogen-bond donors (Lipinski definition) is 0. The van der Waals surface area contributed by atoms with Crippen molar-refractivity contribution >= 4 is 17.7 Å². The quantitative estimate of drug-likeness (QED) is 0.253. The molecule has 0 saturated heterocycles. The Bertz CT molecular complexity index is 606. The molecule has 0 atom stereocenters. The molecule has 0 N–H and O–H groups in total. The molecule has 0 radical (unpaired) electrons. The Morgan fingerprint density at radius 3 is 2.41 bits per heavy atom. The first-order valence-corrected chi connectivity index (χ1v) is 6.45. The van der Waals surface area contributed by atoms with Crippen LogP contribution in [0.1, 0.15) is 12.5 Å². The van der Waals surface area contributed by atoms with Gasteiger partial charge in [-0.3, -0.25) is 10.1 Å². The van der Waals surface area contributed by atoms with Gasteiger partial charge in [0.2, 0.25) is 0 Å². The maximum absolute atomic E-state index is 11.1. The lowest BCUT2D eigenvalue weighted by molar-refractivity contribution is -0.385. The number of nitrogens with zero attached hydrogens (tertiary/aromatic N) is 1. The number of esters is 1. The van der Waals surface area contributed by atoms with Crippen LogP contribution in [0.5, 0.6) is 11.5 Å². The Balaban J connectivity index is 3.07. The molecule has 0 spiro atoms. The van der Waals surface area contributed by atoms with E-state index >= 15 is 0 Å². The van der Waals surface area contributed by atoms with Gasteiger partial charge in [0.05, 0.1) is 37.4 Å². The van der Waals surface area contributed by atoms with Crippen molar-refractivity contribution in [1.82, 2.24) is 0 Å². The Morgan fingerprint density at radius 2 is 1.86 bits per heavy atom. The van der Waals surface area contributed by atoms with Crippen LogP contribution in [-0.2, 0) is 9.53 Å². The van der Waals surface area contributed by atoms with E-state index in [1.165, 1.54) is 50.7 Å². The fourth-order valence-electron chi connectivity index (χ4n) is 1.66. The van der Waals surface area contributed by atoms with Crippen molar-refractivity contribution in [3.8, 4) is 11.5 Å². The highest BCUT2D eigenvalue weighted by Crippen LogP contribution is 2.35. The molecule has 1 aromatic carbocycles. The number of nitro groups is 1. The van der Waals surface area contributed by atoms with Crippen molar-refractivity contribution in [2.45, 2.75) is 6.92 Å². The van der Waals surface area contributed by atoms with E-state index in [4.69, 9.17) is 14.2 Å². The summed E-state index contributed by atoms with van der Waals surface area (Å²) in [6.07, 6.45) is 5.67. The Morgan fingerprint density at radius 1 is 1.23 bits per heavy atom. The largest absolute Gasteiger partial charge is 0.493 e. The molecule has 0 saturated carbocycles. The summed E-state index contributed by atoms with van der Waals surface area (Å²) in [6, 6.07) is 2.78. The Kier molecular flexibility index (Phi) is 6.62. The Labute approximate surface area is 127 Å². The zero-order valence-electron chi connectivity index (χ0n) is 12.6. The molecule has 0 heterocycles. The zero-order chi connectivity index (χ0) is 16.5. The lowest BCUT2D eigenvalue weighted by Gasteiger charge is -2.08. The highest BCUT2D eigenvalue weighted by Gasteiger charge is 2.17. The topological polar surface area (TPSA) is 87.9 Å². The minimum atomic E-state index is -0.517. The van der Waals surface area contributed by atoms with E-state index in [2.05, 4.69) is 0 Å². The van der Waals surface area contributed by atoms with E-state index in [1.54, 1.807) is 6.92 Å². The average Bonchev–Trinajstić information content (AvgIpc) is 2.50. The molecule has 1 aromatic rings. The molecule has 0 aliphatic rings. The molecule has 1 rings (SSSR count). The third kappa shape index (κ3) is 4.62. The SMILES string of the molecule is CCOC(=O)/C=C/C=C/c1cc(OC)c(OC)cc1[N+](=O)[O-]. The predicted octanol–water partition coefficient (Wildman–Crippen LogP) is 2.74. The van der Waals surface area contributed by atoms with Gasteiger partial charge in [-0.1, -0.05) is 12.2 Å². The first kappa shape index (κ1) is 17.2. The second-order valence-electron chi connectivity index (χ2n) is 3.99. The van der Waals surface area contributed by atoms with Gasteiger partial charge in [-0.2, -0.15) is 0 Å². The van der Waals surface area contributed by atoms with E-state index in [9.17, 15) is 14.9 Å². The number of carbonyl (C=O) groups excluding carboxylic acids is 1. The second-order valence-corrected chi connectivity index (χ2v) is 3.99. The number of methoxy groups -OCH3 is 2.